The number of rotatable bonds is 5. The van der Waals surface area contributed by atoms with E-state index >= 15 is 0 Å². The van der Waals surface area contributed by atoms with E-state index in [9.17, 15) is 0 Å². The standard InChI is InChI=1S/C44H31N3S/c1-28-12-10-17-33(26-28)42-41-35-18-8-9-21-39(35)48-43(41)40-34(19-11-20-36(40)45-42)29-22-24-32(25-23-29)44-46-37(30-13-4-2-5-14-30)27-38(47-44)31-15-6-3-7-16-31/h2-11,13-28H,12H2,1H3. The van der Waals surface area contributed by atoms with Gasteiger partial charge in [-0.3, -0.25) is 0 Å². The first kappa shape index (κ1) is 28.5. The Labute approximate surface area is 283 Å². The first-order chi connectivity index (χ1) is 23.7. The summed E-state index contributed by atoms with van der Waals surface area (Å²) in [6.45, 7) is 2.28. The molecule has 1 atom stereocenters. The van der Waals surface area contributed by atoms with E-state index in [1.807, 2.05) is 47.7 Å². The Bertz CT molecular complexity index is 2470. The zero-order valence-corrected chi connectivity index (χ0v) is 27.3. The molecule has 9 rings (SSSR count). The molecule has 228 valence electrons. The van der Waals surface area contributed by atoms with E-state index in [1.54, 1.807) is 0 Å². The number of fused-ring (bicyclic) bond motifs is 5. The smallest absolute Gasteiger partial charge is 0.160 e. The molecule has 0 radical (unpaired) electrons. The topological polar surface area (TPSA) is 38.7 Å². The molecule has 0 amide bonds. The summed E-state index contributed by atoms with van der Waals surface area (Å²) in [5, 5.41) is 3.72. The fourth-order valence-electron chi connectivity index (χ4n) is 6.84. The highest BCUT2D eigenvalue weighted by Gasteiger charge is 2.20. The zero-order chi connectivity index (χ0) is 32.0. The monoisotopic (exact) mass is 633 g/mol. The third kappa shape index (κ3) is 5.02. The predicted octanol–water partition coefficient (Wildman–Crippen LogP) is 12.0. The van der Waals surface area contributed by atoms with Gasteiger partial charge in [0.15, 0.2) is 5.82 Å². The van der Waals surface area contributed by atoms with Crippen molar-refractivity contribution in [2.75, 3.05) is 0 Å². The average molecular weight is 634 g/mol. The molecule has 1 unspecified atom stereocenters. The van der Waals surface area contributed by atoms with Gasteiger partial charge in [0.2, 0.25) is 0 Å². The van der Waals surface area contributed by atoms with Crippen LogP contribution in [-0.2, 0) is 0 Å². The number of benzene rings is 5. The largest absolute Gasteiger partial charge is 0.247 e. The van der Waals surface area contributed by atoms with Crippen LogP contribution in [-0.4, -0.2) is 15.0 Å². The van der Waals surface area contributed by atoms with E-state index in [0.29, 0.717) is 11.7 Å². The highest BCUT2D eigenvalue weighted by Crippen LogP contribution is 2.45. The maximum absolute atomic E-state index is 5.38. The highest BCUT2D eigenvalue weighted by atomic mass is 32.1. The summed E-state index contributed by atoms with van der Waals surface area (Å²) in [6, 6.07) is 46.7. The molecule has 0 aliphatic heterocycles. The molecule has 0 fully saturated rings. The molecule has 0 saturated carbocycles. The first-order valence-electron chi connectivity index (χ1n) is 16.4. The van der Waals surface area contributed by atoms with Crippen LogP contribution >= 0.6 is 11.3 Å². The summed E-state index contributed by atoms with van der Waals surface area (Å²) in [6.07, 6.45) is 7.98. The second-order valence-electron chi connectivity index (χ2n) is 12.5. The summed E-state index contributed by atoms with van der Waals surface area (Å²) < 4.78 is 2.57. The summed E-state index contributed by atoms with van der Waals surface area (Å²) in [4.78, 5) is 15.5. The number of nitrogens with zero attached hydrogens (tertiary/aromatic N) is 3. The number of allylic oxidation sites excluding steroid dienone is 4. The van der Waals surface area contributed by atoms with Gasteiger partial charge < -0.3 is 0 Å². The number of hydrogen-bond donors (Lipinski definition) is 0. The van der Waals surface area contributed by atoms with Gasteiger partial charge >= 0.3 is 0 Å². The van der Waals surface area contributed by atoms with Crippen LogP contribution in [0, 0.1) is 5.92 Å². The Kier molecular flexibility index (Phi) is 7.02. The lowest BCUT2D eigenvalue weighted by Gasteiger charge is -2.15. The minimum absolute atomic E-state index is 0.494. The van der Waals surface area contributed by atoms with Gasteiger partial charge in [-0.25, -0.2) is 15.0 Å². The van der Waals surface area contributed by atoms with E-state index in [2.05, 4.69) is 122 Å². The Balaban J connectivity index is 1.20. The van der Waals surface area contributed by atoms with Crippen LogP contribution in [0.4, 0.5) is 0 Å². The summed E-state index contributed by atoms with van der Waals surface area (Å²) in [7, 11) is 0. The van der Waals surface area contributed by atoms with Crippen LogP contribution in [0.2, 0.25) is 0 Å². The molecule has 5 aromatic carbocycles. The van der Waals surface area contributed by atoms with E-state index in [4.69, 9.17) is 15.0 Å². The van der Waals surface area contributed by atoms with Crippen LogP contribution in [0.1, 0.15) is 19.0 Å². The predicted molar refractivity (Wildman–Crippen MR) is 203 cm³/mol. The van der Waals surface area contributed by atoms with Gasteiger partial charge in [-0.15, -0.1) is 11.3 Å². The van der Waals surface area contributed by atoms with Gasteiger partial charge in [-0.2, -0.15) is 0 Å². The lowest BCUT2D eigenvalue weighted by atomic mass is 9.92. The number of pyridine rings is 1. The third-order valence-corrected chi connectivity index (χ3v) is 10.4. The molecule has 0 saturated heterocycles. The normalized spacial score (nSPS) is 14.5. The average Bonchev–Trinajstić information content (AvgIpc) is 3.55. The van der Waals surface area contributed by atoms with Crippen molar-refractivity contribution in [2.45, 2.75) is 13.3 Å². The molecular weight excluding hydrogens is 603 g/mol. The summed E-state index contributed by atoms with van der Waals surface area (Å²) in [5.74, 6) is 1.20. The quantitative estimate of drug-likeness (QED) is 0.189. The molecule has 8 aromatic rings. The molecule has 0 bridgehead atoms. The number of hydrogen-bond acceptors (Lipinski definition) is 4. The van der Waals surface area contributed by atoms with Gasteiger partial charge in [0.05, 0.1) is 22.6 Å². The zero-order valence-electron chi connectivity index (χ0n) is 26.5. The fourth-order valence-corrected chi connectivity index (χ4v) is 8.11. The minimum atomic E-state index is 0.494. The minimum Gasteiger partial charge on any atom is -0.247 e. The Morgan fingerprint density at radius 1 is 0.604 bits per heavy atom. The molecule has 48 heavy (non-hydrogen) atoms. The van der Waals surface area contributed by atoms with E-state index in [-0.39, 0.29) is 0 Å². The molecule has 0 spiro atoms. The maximum atomic E-state index is 5.38. The van der Waals surface area contributed by atoms with Crippen molar-refractivity contribution in [3.63, 3.8) is 0 Å². The van der Waals surface area contributed by atoms with Gasteiger partial charge in [0.25, 0.3) is 0 Å². The van der Waals surface area contributed by atoms with Crippen molar-refractivity contribution in [3.05, 3.63) is 157 Å². The van der Waals surface area contributed by atoms with Gasteiger partial charge in [-0.1, -0.05) is 140 Å². The summed E-state index contributed by atoms with van der Waals surface area (Å²) >= 11 is 1.87. The van der Waals surface area contributed by atoms with Crippen LogP contribution in [0.5, 0.6) is 0 Å². The van der Waals surface area contributed by atoms with Gasteiger partial charge in [0.1, 0.15) is 0 Å². The fraction of sp³-hybridized carbons (Fsp3) is 0.0682. The molecule has 0 N–H and O–H groups in total. The third-order valence-electron chi connectivity index (χ3n) is 9.20. The maximum Gasteiger partial charge on any atom is 0.160 e. The lowest BCUT2D eigenvalue weighted by Crippen LogP contribution is -1.98. The highest BCUT2D eigenvalue weighted by molar-refractivity contribution is 7.26. The Hall–Kier alpha value is -5.71. The van der Waals surface area contributed by atoms with Crippen molar-refractivity contribution < 1.29 is 0 Å². The van der Waals surface area contributed by atoms with E-state index < -0.39 is 0 Å². The van der Waals surface area contributed by atoms with Gasteiger partial charge in [-0.05, 0) is 47.2 Å². The van der Waals surface area contributed by atoms with Crippen molar-refractivity contribution in [3.8, 4) is 45.0 Å². The Morgan fingerprint density at radius 2 is 1.27 bits per heavy atom. The van der Waals surface area contributed by atoms with Gasteiger partial charge in [0, 0.05) is 42.2 Å². The molecule has 4 heteroatoms. The lowest BCUT2D eigenvalue weighted by molar-refractivity contribution is 0.739. The van der Waals surface area contributed by atoms with Crippen molar-refractivity contribution >= 4 is 48.0 Å². The van der Waals surface area contributed by atoms with E-state index in [0.717, 1.165) is 51.3 Å². The number of thiophene rings is 1. The summed E-state index contributed by atoms with van der Waals surface area (Å²) in [5.41, 5.74) is 10.6. The Morgan fingerprint density at radius 3 is 1.98 bits per heavy atom. The number of aromatic nitrogens is 3. The van der Waals surface area contributed by atoms with Crippen LogP contribution < -0.4 is 0 Å². The molecule has 3 nitrogen and oxygen atoms in total. The molecule has 3 heterocycles. The second kappa shape index (κ2) is 11.8. The first-order valence-corrected chi connectivity index (χ1v) is 17.2. The van der Waals surface area contributed by atoms with Crippen molar-refractivity contribution in [1.29, 1.82) is 0 Å². The SMILES string of the molecule is CC1C=C(c2nc3cccc(-c4ccc(-c5nc(-c6ccccc6)cc(-c6ccccc6)n5)cc4)c3c3sc4ccccc4c23)C=CC1. The molecule has 1 aliphatic rings. The molecular formula is C44H31N3S. The van der Waals surface area contributed by atoms with Crippen LogP contribution in [0.15, 0.2) is 152 Å². The molecule has 3 aromatic heterocycles. The van der Waals surface area contributed by atoms with Crippen molar-refractivity contribution in [1.82, 2.24) is 15.0 Å². The van der Waals surface area contributed by atoms with Crippen LogP contribution in [0.3, 0.4) is 0 Å². The molecule has 1 aliphatic carbocycles. The van der Waals surface area contributed by atoms with E-state index in [1.165, 1.54) is 36.7 Å². The van der Waals surface area contributed by atoms with Crippen LogP contribution in [0.25, 0.3) is 81.7 Å². The second-order valence-corrected chi connectivity index (χ2v) is 13.5. The van der Waals surface area contributed by atoms with Crippen molar-refractivity contribution in [2.24, 2.45) is 5.92 Å².